The number of alkyl halides is 3. The van der Waals surface area contributed by atoms with Gasteiger partial charge in [0.2, 0.25) is 5.75 Å². The van der Waals surface area contributed by atoms with Gasteiger partial charge in [0.1, 0.15) is 0 Å². The Morgan fingerprint density at radius 2 is 1.94 bits per heavy atom. The van der Waals surface area contributed by atoms with E-state index in [4.69, 9.17) is 10.7 Å². The van der Waals surface area contributed by atoms with Crippen molar-refractivity contribution in [1.82, 2.24) is 4.98 Å². The lowest BCUT2D eigenvalue weighted by molar-refractivity contribution is -0.275. The molecule has 0 unspecified atom stereocenters. The van der Waals surface area contributed by atoms with Crippen LogP contribution in [0.4, 0.5) is 13.2 Å². The Morgan fingerprint density at radius 1 is 1.39 bits per heavy atom. The van der Waals surface area contributed by atoms with Gasteiger partial charge in [-0.05, 0) is 0 Å². The Bertz CT molecular complexity index is 608. The summed E-state index contributed by atoms with van der Waals surface area (Å²) >= 11 is 0. The SMILES string of the molecule is COc1cc(S(=O)(=O)Cl)[nH]c(=O)c1OC(F)(F)F. The molecule has 1 N–H and O–H groups in total. The molecule has 0 aliphatic rings. The van der Waals surface area contributed by atoms with Gasteiger partial charge in [-0.25, -0.2) is 8.42 Å². The molecule has 11 heteroatoms. The molecule has 0 spiro atoms. The van der Waals surface area contributed by atoms with Gasteiger partial charge in [0.25, 0.3) is 14.6 Å². The third-order valence-electron chi connectivity index (χ3n) is 1.63. The molecule has 0 saturated heterocycles. The summed E-state index contributed by atoms with van der Waals surface area (Å²) in [5.74, 6) is -1.93. The lowest BCUT2D eigenvalue weighted by Crippen LogP contribution is -2.24. The first kappa shape index (κ1) is 14.6. The number of methoxy groups -OCH3 is 1. The van der Waals surface area contributed by atoms with Gasteiger partial charge in [0, 0.05) is 16.7 Å². The first-order valence-corrected chi connectivity index (χ1v) is 6.37. The van der Waals surface area contributed by atoms with Crippen molar-refractivity contribution < 1.29 is 31.1 Å². The van der Waals surface area contributed by atoms with Gasteiger partial charge in [0.15, 0.2) is 10.8 Å². The summed E-state index contributed by atoms with van der Waals surface area (Å²) in [6.07, 6.45) is -5.12. The van der Waals surface area contributed by atoms with Crippen molar-refractivity contribution in [3.05, 3.63) is 16.4 Å². The standard InChI is InChI=1S/C7H5ClF3NO5S/c1-16-3-2-4(18(8,14)15)12-6(13)5(3)17-7(9,10)11/h2H,1H3,(H,12,13). The van der Waals surface area contributed by atoms with Crippen LogP contribution in [0.25, 0.3) is 0 Å². The Morgan fingerprint density at radius 3 is 2.33 bits per heavy atom. The highest BCUT2D eigenvalue weighted by atomic mass is 35.7. The zero-order valence-corrected chi connectivity index (χ0v) is 10.1. The van der Waals surface area contributed by atoms with Gasteiger partial charge < -0.3 is 14.5 Å². The number of aromatic nitrogens is 1. The number of aromatic amines is 1. The van der Waals surface area contributed by atoms with E-state index < -0.39 is 37.5 Å². The fraction of sp³-hybridized carbons (Fsp3) is 0.286. The van der Waals surface area contributed by atoms with Gasteiger partial charge in [-0.3, -0.25) is 4.79 Å². The minimum atomic E-state index is -5.12. The number of hydrogen-bond donors (Lipinski definition) is 1. The van der Waals surface area contributed by atoms with Crippen LogP contribution in [-0.4, -0.2) is 26.9 Å². The zero-order chi connectivity index (χ0) is 14.1. The van der Waals surface area contributed by atoms with E-state index in [1.165, 1.54) is 0 Å². The molecule has 0 fully saturated rings. The van der Waals surface area contributed by atoms with Crippen LogP contribution in [0.15, 0.2) is 15.9 Å². The van der Waals surface area contributed by atoms with E-state index in [9.17, 15) is 26.4 Å². The second-order valence-corrected chi connectivity index (χ2v) is 5.38. The highest BCUT2D eigenvalue weighted by Crippen LogP contribution is 2.30. The van der Waals surface area contributed by atoms with Crippen LogP contribution < -0.4 is 15.0 Å². The minimum absolute atomic E-state index is 0.602. The van der Waals surface area contributed by atoms with Crippen molar-refractivity contribution in [2.45, 2.75) is 11.4 Å². The summed E-state index contributed by atoms with van der Waals surface area (Å²) in [5.41, 5.74) is -1.44. The first-order valence-electron chi connectivity index (χ1n) is 4.06. The molecular weight excluding hydrogens is 303 g/mol. The number of nitrogens with one attached hydrogen (secondary N) is 1. The maximum atomic E-state index is 12.0. The van der Waals surface area contributed by atoms with E-state index in [1.807, 2.05) is 0 Å². The molecule has 0 amide bonds. The zero-order valence-electron chi connectivity index (χ0n) is 8.54. The quantitative estimate of drug-likeness (QED) is 0.848. The predicted octanol–water partition coefficient (Wildman–Crippen LogP) is 1.21. The highest BCUT2D eigenvalue weighted by Gasteiger charge is 2.34. The minimum Gasteiger partial charge on any atom is -0.493 e. The van der Waals surface area contributed by atoms with Crippen molar-refractivity contribution in [2.75, 3.05) is 7.11 Å². The number of halogens is 4. The molecule has 102 valence electrons. The van der Waals surface area contributed by atoms with Crippen LogP contribution >= 0.6 is 10.7 Å². The van der Waals surface area contributed by atoms with Crippen LogP contribution in [0.5, 0.6) is 11.5 Å². The molecule has 1 aromatic heterocycles. The van der Waals surface area contributed by atoms with Crippen LogP contribution in [0.1, 0.15) is 0 Å². The molecule has 0 bridgehead atoms. The number of pyridine rings is 1. The third kappa shape index (κ3) is 3.53. The molecule has 0 aromatic carbocycles. The lowest BCUT2D eigenvalue weighted by atomic mass is 10.4. The maximum absolute atomic E-state index is 12.0. The van der Waals surface area contributed by atoms with Crippen molar-refractivity contribution in [3.8, 4) is 11.5 Å². The molecule has 1 aromatic rings. The second kappa shape index (κ2) is 4.69. The third-order valence-corrected chi connectivity index (χ3v) is 2.87. The Kier molecular flexibility index (Phi) is 3.81. The van der Waals surface area contributed by atoms with Crippen molar-refractivity contribution in [3.63, 3.8) is 0 Å². The Hall–Kier alpha value is -1.42. The summed E-state index contributed by atoms with van der Waals surface area (Å²) < 4.78 is 65.7. The second-order valence-electron chi connectivity index (χ2n) is 2.85. The monoisotopic (exact) mass is 307 g/mol. The molecule has 0 atom stereocenters. The summed E-state index contributed by atoms with van der Waals surface area (Å²) in [6.45, 7) is 0. The predicted molar refractivity (Wildman–Crippen MR) is 53.3 cm³/mol. The van der Waals surface area contributed by atoms with E-state index in [-0.39, 0.29) is 0 Å². The first-order chi connectivity index (χ1) is 8.04. The van der Waals surface area contributed by atoms with Crippen LogP contribution in [0.2, 0.25) is 0 Å². The molecule has 1 rings (SSSR count). The summed E-state index contributed by atoms with van der Waals surface area (Å²) in [5, 5.41) is -0.805. The number of rotatable bonds is 3. The average molecular weight is 308 g/mol. The molecule has 0 saturated carbocycles. The van der Waals surface area contributed by atoms with Crippen molar-refractivity contribution >= 4 is 19.7 Å². The highest BCUT2D eigenvalue weighted by molar-refractivity contribution is 8.13. The fourth-order valence-electron chi connectivity index (χ4n) is 0.997. The summed E-state index contributed by atoms with van der Waals surface area (Å²) in [4.78, 5) is 12.9. The smallest absolute Gasteiger partial charge is 0.493 e. The topological polar surface area (TPSA) is 85.5 Å². The van der Waals surface area contributed by atoms with Crippen LogP contribution in [0.3, 0.4) is 0 Å². The largest absolute Gasteiger partial charge is 0.573 e. The van der Waals surface area contributed by atoms with Gasteiger partial charge in [-0.1, -0.05) is 0 Å². The van der Waals surface area contributed by atoms with Crippen LogP contribution in [0, 0.1) is 0 Å². The molecule has 0 radical (unpaired) electrons. The average Bonchev–Trinajstić information content (AvgIpc) is 2.17. The molecule has 1 heterocycles. The fourth-order valence-corrected chi connectivity index (χ4v) is 1.71. The van der Waals surface area contributed by atoms with Crippen molar-refractivity contribution in [2.24, 2.45) is 0 Å². The lowest BCUT2D eigenvalue weighted by Gasteiger charge is -2.11. The van der Waals surface area contributed by atoms with E-state index in [2.05, 4.69) is 9.47 Å². The normalized spacial score (nSPS) is 12.3. The van der Waals surface area contributed by atoms with Crippen molar-refractivity contribution in [1.29, 1.82) is 0 Å². The van der Waals surface area contributed by atoms with Crippen LogP contribution in [-0.2, 0) is 9.05 Å². The maximum Gasteiger partial charge on any atom is 0.573 e. The van der Waals surface area contributed by atoms with E-state index >= 15 is 0 Å². The van der Waals surface area contributed by atoms with E-state index in [0.717, 1.165) is 7.11 Å². The Labute approximate surface area is 103 Å². The van der Waals surface area contributed by atoms with Gasteiger partial charge in [-0.2, -0.15) is 0 Å². The van der Waals surface area contributed by atoms with E-state index in [1.54, 1.807) is 4.98 Å². The van der Waals surface area contributed by atoms with Gasteiger partial charge >= 0.3 is 6.36 Å². The van der Waals surface area contributed by atoms with Gasteiger partial charge in [-0.15, -0.1) is 13.2 Å². The number of H-pyrrole nitrogens is 1. The Balaban J connectivity index is 3.44. The number of ether oxygens (including phenoxy) is 2. The molecule has 0 aliphatic heterocycles. The molecule has 0 aliphatic carbocycles. The molecule has 18 heavy (non-hydrogen) atoms. The molecule has 6 nitrogen and oxygen atoms in total. The summed E-state index contributed by atoms with van der Waals surface area (Å²) in [7, 11) is 1.54. The van der Waals surface area contributed by atoms with Gasteiger partial charge in [0.05, 0.1) is 7.11 Å². The summed E-state index contributed by atoms with van der Waals surface area (Å²) in [6, 6.07) is 0.602. The number of hydrogen-bond acceptors (Lipinski definition) is 5. The van der Waals surface area contributed by atoms with E-state index in [0.29, 0.717) is 6.07 Å². The molecular formula is C7H5ClF3NO5S.